The number of nitrogens with zero attached hydrogens (tertiary/aromatic N) is 3. The monoisotopic (exact) mass is 390 g/mol. The number of carbonyl (C=O) groups is 4. The van der Waals surface area contributed by atoms with Gasteiger partial charge in [-0.3, -0.25) is 35.3 Å². The van der Waals surface area contributed by atoms with Gasteiger partial charge in [-0.25, -0.2) is 14.0 Å². The molecule has 2 heterocycles. The Morgan fingerprint density at radius 1 is 1.11 bits per heavy atom. The molecule has 0 saturated carbocycles. The highest BCUT2D eigenvalue weighted by atomic mass is 32.2. The van der Waals surface area contributed by atoms with Crippen molar-refractivity contribution in [3.63, 3.8) is 0 Å². The van der Waals surface area contributed by atoms with Gasteiger partial charge < -0.3 is 0 Å². The van der Waals surface area contributed by atoms with E-state index in [9.17, 15) is 24.0 Å². The number of aromatic nitrogens is 3. The molecule has 27 heavy (non-hydrogen) atoms. The number of hydrazine groups is 1. The number of hydrogen-bond donors (Lipinski definition) is 3. The van der Waals surface area contributed by atoms with E-state index >= 15 is 0 Å². The lowest BCUT2D eigenvalue weighted by molar-refractivity contribution is -0.130. The summed E-state index contributed by atoms with van der Waals surface area (Å²) >= 11 is 0.710. The van der Waals surface area contributed by atoms with Crippen LogP contribution in [0.5, 0.6) is 0 Å². The van der Waals surface area contributed by atoms with Crippen molar-refractivity contribution in [3.8, 4) is 5.69 Å². The number of para-hydroxylation sites is 1. The topological polar surface area (TPSA) is 144 Å². The van der Waals surface area contributed by atoms with E-state index in [1.807, 2.05) is 0 Å². The summed E-state index contributed by atoms with van der Waals surface area (Å²) < 4.78 is 2.21. The second-order valence-corrected chi connectivity index (χ2v) is 6.64. The molecular weight excluding hydrogens is 376 g/mol. The summed E-state index contributed by atoms with van der Waals surface area (Å²) in [4.78, 5) is 58.3. The summed E-state index contributed by atoms with van der Waals surface area (Å²) in [6.45, 7) is -0.407. The van der Waals surface area contributed by atoms with Gasteiger partial charge in [-0.05, 0) is 12.1 Å². The molecule has 0 bridgehead atoms. The Morgan fingerprint density at radius 2 is 1.81 bits per heavy atom. The molecular formula is C15H14N6O5S. The second-order valence-electron chi connectivity index (χ2n) is 5.46. The first-order chi connectivity index (χ1) is 12.9. The molecule has 3 rings (SSSR count). The molecule has 1 saturated heterocycles. The fraction of sp³-hybridized carbons (Fsp3) is 0.200. The van der Waals surface area contributed by atoms with Crippen LogP contribution in [0.15, 0.2) is 41.5 Å². The Morgan fingerprint density at radius 3 is 2.48 bits per heavy atom. The van der Waals surface area contributed by atoms with E-state index in [4.69, 9.17) is 0 Å². The van der Waals surface area contributed by atoms with Crippen molar-refractivity contribution in [3.05, 3.63) is 47.1 Å². The van der Waals surface area contributed by atoms with Crippen molar-refractivity contribution in [2.75, 3.05) is 0 Å². The zero-order chi connectivity index (χ0) is 19.4. The summed E-state index contributed by atoms with van der Waals surface area (Å²) in [7, 11) is 0. The summed E-state index contributed by atoms with van der Waals surface area (Å²) in [5.41, 5.74) is 4.35. The molecule has 2 aromatic rings. The average molecular weight is 390 g/mol. The van der Waals surface area contributed by atoms with Crippen molar-refractivity contribution in [2.45, 2.75) is 18.2 Å². The molecule has 1 aromatic carbocycles. The molecule has 12 heteroatoms. The fourth-order valence-electron chi connectivity index (χ4n) is 2.27. The third kappa shape index (κ3) is 4.41. The van der Waals surface area contributed by atoms with E-state index in [0.717, 1.165) is 4.68 Å². The van der Waals surface area contributed by atoms with E-state index in [0.29, 0.717) is 17.4 Å². The Labute approximate surface area is 156 Å². The molecule has 1 atom stereocenters. The minimum absolute atomic E-state index is 0.273. The van der Waals surface area contributed by atoms with Gasteiger partial charge in [-0.1, -0.05) is 30.0 Å². The minimum Gasteiger partial charge on any atom is -0.286 e. The molecule has 0 spiro atoms. The molecule has 11 nitrogen and oxygen atoms in total. The van der Waals surface area contributed by atoms with E-state index in [2.05, 4.69) is 21.3 Å². The number of amides is 4. The summed E-state index contributed by atoms with van der Waals surface area (Å²) in [5, 5.41) is 4.57. The first-order valence-corrected chi connectivity index (χ1v) is 8.61. The van der Waals surface area contributed by atoms with Crippen LogP contribution in [-0.2, 0) is 20.9 Å². The van der Waals surface area contributed by atoms with E-state index in [1.54, 1.807) is 30.3 Å². The number of thioether (sulfide) groups is 1. The van der Waals surface area contributed by atoms with Crippen LogP contribution in [0, 0.1) is 0 Å². The van der Waals surface area contributed by atoms with Crippen LogP contribution in [0.3, 0.4) is 0 Å². The lowest BCUT2D eigenvalue weighted by Gasteiger charge is -2.08. The van der Waals surface area contributed by atoms with E-state index in [1.165, 1.54) is 10.9 Å². The maximum atomic E-state index is 12.3. The van der Waals surface area contributed by atoms with Gasteiger partial charge in [0.15, 0.2) is 0 Å². The summed E-state index contributed by atoms with van der Waals surface area (Å²) in [5.74, 6) is -1.87. The van der Waals surface area contributed by atoms with Crippen LogP contribution in [0.1, 0.15) is 6.42 Å². The Balaban J connectivity index is 1.52. The number of nitrogens with one attached hydrogen (secondary N) is 3. The quantitative estimate of drug-likeness (QED) is 0.551. The van der Waals surface area contributed by atoms with Gasteiger partial charge in [0.2, 0.25) is 11.8 Å². The average Bonchev–Trinajstić information content (AvgIpc) is 3.16. The standard InChI is InChI=1S/C15H14N6O5S/c22-11(6-10-13(24)17-14(25)27-10)18-19-12(23)7-21-15(26)20(8-16-21)9-4-2-1-3-5-9/h1-5,8,10H,6-7H2,(H,18,22)(H,19,23)(H,17,24,25). The highest BCUT2D eigenvalue weighted by Crippen LogP contribution is 2.21. The predicted molar refractivity (Wildman–Crippen MR) is 93.6 cm³/mol. The van der Waals surface area contributed by atoms with Gasteiger partial charge in [0.1, 0.15) is 18.1 Å². The highest BCUT2D eigenvalue weighted by molar-refractivity contribution is 8.15. The zero-order valence-electron chi connectivity index (χ0n) is 13.7. The number of hydrogen-bond acceptors (Lipinski definition) is 7. The third-order valence-corrected chi connectivity index (χ3v) is 4.52. The van der Waals surface area contributed by atoms with Crippen LogP contribution in [0.25, 0.3) is 5.69 Å². The Kier molecular flexibility index (Phi) is 5.35. The van der Waals surface area contributed by atoms with Crippen molar-refractivity contribution in [2.24, 2.45) is 0 Å². The first kappa shape index (κ1) is 18.4. The maximum Gasteiger partial charge on any atom is 0.350 e. The van der Waals surface area contributed by atoms with Crippen LogP contribution < -0.4 is 21.9 Å². The molecule has 4 amide bonds. The van der Waals surface area contributed by atoms with Gasteiger partial charge in [0, 0.05) is 6.42 Å². The smallest absolute Gasteiger partial charge is 0.286 e. The first-order valence-electron chi connectivity index (χ1n) is 7.73. The SMILES string of the molecule is O=C(CC1SC(=O)NC1=O)NNC(=O)Cn1ncn(-c2ccccc2)c1=O. The molecule has 1 unspecified atom stereocenters. The van der Waals surface area contributed by atoms with Gasteiger partial charge in [-0.15, -0.1) is 0 Å². The minimum atomic E-state index is -0.835. The van der Waals surface area contributed by atoms with Gasteiger partial charge >= 0.3 is 5.69 Å². The normalized spacial score (nSPS) is 16.1. The lowest BCUT2D eigenvalue weighted by atomic mass is 10.3. The third-order valence-electron chi connectivity index (χ3n) is 3.54. The molecule has 140 valence electrons. The Bertz CT molecular complexity index is 953. The molecule has 1 aliphatic rings. The number of benzene rings is 1. The van der Waals surface area contributed by atoms with Crippen LogP contribution >= 0.6 is 11.8 Å². The van der Waals surface area contributed by atoms with Crippen molar-refractivity contribution in [1.29, 1.82) is 0 Å². The van der Waals surface area contributed by atoms with Crippen molar-refractivity contribution >= 4 is 34.7 Å². The summed E-state index contributed by atoms with van der Waals surface area (Å²) in [6.07, 6.45) is 1.02. The molecule has 3 N–H and O–H groups in total. The molecule has 0 radical (unpaired) electrons. The van der Waals surface area contributed by atoms with Crippen molar-refractivity contribution < 1.29 is 19.2 Å². The maximum absolute atomic E-state index is 12.3. The van der Waals surface area contributed by atoms with Gasteiger partial charge in [0.25, 0.3) is 11.1 Å². The molecule has 1 aromatic heterocycles. The second kappa shape index (κ2) is 7.86. The van der Waals surface area contributed by atoms with Crippen LogP contribution in [-0.4, -0.2) is 42.6 Å². The zero-order valence-corrected chi connectivity index (χ0v) is 14.6. The predicted octanol–water partition coefficient (Wildman–Crippen LogP) is -1.08. The van der Waals surface area contributed by atoms with Gasteiger partial charge in [-0.2, -0.15) is 5.10 Å². The van der Waals surface area contributed by atoms with Gasteiger partial charge in [0.05, 0.1) is 5.69 Å². The molecule has 1 fully saturated rings. The Hall–Kier alpha value is -3.41. The van der Waals surface area contributed by atoms with E-state index < -0.39 is 40.4 Å². The molecule has 0 aliphatic carbocycles. The largest absolute Gasteiger partial charge is 0.350 e. The summed E-state index contributed by atoms with van der Waals surface area (Å²) in [6, 6.07) is 8.76. The lowest BCUT2D eigenvalue weighted by Crippen LogP contribution is -2.45. The fourth-order valence-corrected chi connectivity index (χ4v) is 3.09. The van der Waals surface area contributed by atoms with Crippen LogP contribution in [0.4, 0.5) is 4.79 Å². The van der Waals surface area contributed by atoms with Crippen LogP contribution in [0.2, 0.25) is 0 Å². The van der Waals surface area contributed by atoms with E-state index in [-0.39, 0.29) is 6.42 Å². The van der Waals surface area contributed by atoms with Crippen molar-refractivity contribution in [1.82, 2.24) is 30.5 Å². The molecule has 1 aliphatic heterocycles. The highest BCUT2D eigenvalue weighted by Gasteiger charge is 2.33. The number of carbonyl (C=O) groups excluding carboxylic acids is 4. The number of rotatable bonds is 5. The number of imide groups is 1.